The van der Waals surface area contributed by atoms with E-state index in [9.17, 15) is 0 Å². The van der Waals surface area contributed by atoms with E-state index in [0.29, 0.717) is 0 Å². The summed E-state index contributed by atoms with van der Waals surface area (Å²) < 4.78 is 9.07. The molecule has 0 amide bonds. The monoisotopic (exact) mass is 728 g/mol. The Hall–Kier alpha value is -7.23. The lowest BCUT2D eigenvalue weighted by Crippen LogP contribution is -2.14. The van der Waals surface area contributed by atoms with Crippen LogP contribution in [-0.2, 0) is 5.41 Å². The van der Waals surface area contributed by atoms with Gasteiger partial charge >= 0.3 is 0 Å². The molecule has 0 aliphatic heterocycles. The molecule has 3 heterocycles. The second-order valence-electron chi connectivity index (χ2n) is 16.0. The summed E-state index contributed by atoms with van der Waals surface area (Å²) in [7, 11) is 0. The van der Waals surface area contributed by atoms with Gasteiger partial charge in [0.1, 0.15) is 11.2 Å². The first-order valence-corrected chi connectivity index (χ1v) is 19.7. The molecule has 11 aromatic rings. The number of rotatable bonds is 4. The summed E-state index contributed by atoms with van der Waals surface area (Å²) >= 11 is 0. The first-order valence-electron chi connectivity index (χ1n) is 19.7. The molecule has 3 heteroatoms. The van der Waals surface area contributed by atoms with E-state index in [1.807, 2.05) is 18.5 Å². The van der Waals surface area contributed by atoms with Crippen molar-refractivity contribution in [1.29, 1.82) is 0 Å². The maximum absolute atomic E-state index is 6.63. The molecule has 1 aliphatic rings. The fourth-order valence-corrected chi connectivity index (χ4v) is 9.68. The molecule has 12 rings (SSSR count). The molecule has 0 spiro atoms. The molecule has 57 heavy (non-hydrogen) atoms. The number of benzene rings is 8. The van der Waals surface area contributed by atoms with E-state index >= 15 is 0 Å². The van der Waals surface area contributed by atoms with Gasteiger partial charge in [-0.3, -0.25) is 4.98 Å². The number of nitrogens with zero attached hydrogens (tertiary/aromatic N) is 2. The highest BCUT2D eigenvalue weighted by atomic mass is 16.3. The van der Waals surface area contributed by atoms with Crippen molar-refractivity contribution >= 4 is 54.5 Å². The van der Waals surface area contributed by atoms with Crippen molar-refractivity contribution in [3.63, 3.8) is 0 Å². The molecule has 0 N–H and O–H groups in total. The summed E-state index contributed by atoms with van der Waals surface area (Å²) in [5.41, 5.74) is 17.6. The van der Waals surface area contributed by atoms with Gasteiger partial charge in [-0.25, -0.2) is 0 Å². The van der Waals surface area contributed by atoms with Crippen LogP contribution in [0.15, 0.2) is 187 Å². The molecule has 0 atom stereocenters. The fraction of sp³-hybridized carbons (Fsp3) is 0.0556. The lowest BCUT2D eigenvalue weighted by molar-refractivity contribution is 0.661. The molecule has 0 saturated carbocycles. The minimum atomic E-state index is -0.0417. The Balaban J connectivity index is 0.987. The predicted octanol–water partition coefficient (Wildman–Crippen LogP) is 14.5. The van der Waals surface area contributed by atoms with Gasteiger partial charge < -0.3 is 8.98 Å². The standard InChI is InChI=1S/C54H36N2O/c1-54(2)47-17-5-3-14-43(47)52-44-31-39(23-19-33(44)20-24-48(52)54)56-49-18-6-4-13-41(49)45-29-35(21-25-50(45)56)36-22-26-51-46(30-36)42-16-8-15-40(53(42)57-51)37-11-7-10-34(28-37)38-12-9-27-55-32-38/h3-32H,1-2H3. The van der Waals surface area contributed by atoms with Crippen molar-refractivity contribution in [3.8, 4) is 50.2 Å². The summed E-state index contributed by atoms with van der Waals surface area (Å²) in [6, 6.07) is 62.1. The van der Waals surface area contributed by atoms with Gasteiger partial charge in [-0.15, -0.1) is 0 Å². The van der Waals surface area contributed by atoms with Crippen LogP contribution < -0.4 is 0 Å². The van der Waals surface area contributed by atoms with Crippen LogP contribution in [0.1, 0.15) is 25.0 Å². The SMILES string of the molecule is CC1(C)c2ccccc2-c2c1ccc1ccc(-n3c4ccccc4c4cc(-c5ccc6oc7c(-c8cccc(-c9cccnc9)c8)cccc7c6c5)ccc43)cc21. The Morgan fingerprint density at radius 3 is 2.11 bits per heavy atom. The van der Waals surface area contributed by atoms with Gasteiger partial charge in [0.25, 0.3) is 0 Å². The van der Waals surface area contributed by atoms with Gasteiger partial charge in [0.15, 0.2) is 0 Å². The third-order valence-electron chi connectivity index (χ3n) is 12.5. The second kappa shape index (κ2) is 11.9. The molecule has 0 saturated heterocycles. The van der Waals surface area contributed by atoms with E-state index in [1.54, 1.807) is 0 Å². The summed E-state index contributed by atoms with van der Waals surface area (Å²) in [6.07, 6.45) is 3.72. The van der Waals surface area contributed by atoms with Crippen molar-refractivity contribution in [2.45, 2.75) is 19.3 Å². The number of hydrogen-bond donors (Lipinski definition) is 0. The summed E-state index contributed by atoms with van der Waals surface area (Å²) in [4.78, 5) is 4.33. The van der Waals surface area contributed by atoms with Gasteiger partial charge in [-0.2, -0.15) is 0 Å². The van der Waals surface area contributed by atoms with Gasteiger partial charge in [-0.05, 0) is 110 Å². The first kappa shape index (κ1) is 32.1. The topological polar surface area (TPSA) is 31.0 Å². The summed E-state index contributed by atoms with van der Waals surface area (Å²) in [5, 5.41) is 7.27. The zero-order chi connectivity index (χ0) is 37.8. The van der Waals surface area contributed by atoms with Gasteiger partial charge in [-0.1, -0.05) is 129 Å². The lowest BCUT2D eigenvalue weighted by atomic mass is 9.82. The Morgan fingerprint density at radius 1 is 0.474 bits per heavy atom. The number of pyridine rings is 1. The zero-order valence-corrected chi connectivity index (χ0v) is 31.6. The summed E-state index contributed by atoms with van der Waals surface area (Å²) in [5.74, 6) is 0. The number of para-hydroxylation sites is 2. The van der Waals surface area contributed by atoms with E-state index in [0.717, 1.165) is 49.8 Å². The zero-order valence-electron chi connectivity index (χ0n) is 31.6. The molecule has 0 bridgehead atoms. The maximum Gasteiger partial charge on any atom is 0.143 e. The van der Waals surface area contributed by atoms with Crippen LogP contribution in [0.3, 0.4) is 0 Å². The smallest absolute Gasteiger partial charge is 0.143 e. The first-order chi connectivity index (χ1) is 28.0. The predicted molar refractivity (Wildman–Crippen MR) is 237 cm³/mol. The molecule has 3 aromatic heterocycles. The van der Waals surface area contributed by atoms with E-state index < -0.39 is 0 Å². The van der Waals surface area contributed by atoms with Gasteiger partial charge in [0, 0.05) is 56.2 Å². The van der Waals surface area contributed by atoms with Crippen LogP contribution in [0.5, 0.6) is 0 Å². The normalized spacial score (nSPS) is 13.2. The summed E-state index contributed by atoms with van der Waals surface area (Å²) in [6.45, 7) is 4.71. The van der Waals surface area contributed by atoms with Crippen molar-refractivity contribution in [2.24, 2.45) is 0 Å². The van der Waals surface area contributed by atoms with Crippen molar-refractivity contribution in [1.82, 2.24) is 9.55 Å². The van der Waals surface area contributed by atoms with Crippen LogP contribution in [0.25, 0.3) is 105 Å². The van der Waals surface area contributed by atoms with E-state index in [1.165, 1.54) is 66.1 Å². The lowest BCUT2D eigenvalue weighted by Gasteiger charge is -2.21. The molecule has 0 fully saturated rings. The molecular formula is C54H36N2O. The highest BCUT2D eigenvalue weighted by Gasteiger charge is 2.36. The molecule has 1 aliphatic carbocycles. The highest BCUT2D eigenvalue weighted by molar-refractivity contribution is 6.13. The minimum Gasteiger partial charge on any atom is -0.455 e. The average molecular weight is 729 g/mol. The number of fused-ring (bicyclic) bond motifs is 11. The third kappa shape index (κ3) is 4.69. The van der Waals surface area contributed by atoms with Crippen LogP contribution in [0.2, 0.25) is 0 Å². The quantitative estimate of drug-likeness (QED) is 0.181. The highest BCUT2D eigenvalue weighted by Crippen LogP contribution is 2.51. The molecule has 268 valence electrons. The van der Waals surface area contributed by atoms with Crippen LogP contribution in [0, 0.1) is 0 Å². The molecule has 8 aromatic carbocycles. The fourth-order valence-electron chi connectivity index (χ4n) is 9.68. The third-order valence-corrected chi connectivity index (χ3v) is 12.5. The van der Waals surface area contributed by atoms with Crippen LogP contribution >= 0.6 is 0 Å². The Kier molecular flexibility index (Phi) is 6.68. The molecule has 0 unspecified atom stereocenters. The number of hydrogen-bond acceptors (Lipinski definition) is 2. The maximum atomic E-state index is 6.63. The Labute approximate surface area is 330 Å². The molecule has 3 nitrogen and oxygen atoms in total. The molecule has 0 radical (unpaired) electrons. The Bertz CT molecular complexity index is 3440. The van der Waals surface area contributed by atoms with Crippen molar-refractivity contribution in [2.75, 3.05) is 0 Å². The van der Waals surface area contributed by atoms with Gasteiger partial charge in [0.05, 0.1) is 11.0 Å². The van der Waals surface area contributed by atoms with Crippen LogP contribution in [0.4, 0.5) is 0 Å². The van der Waals surface area contributed by atoms with Crippen molar-refractivity contribution < 1.29 is 4.42 Å². The van der Waals surface area contributed by atoms with Crippen molar-refractivity contribution in [3.05, 3.63) is 193 Å². The average Bonchev–Trinajstić information content (AvgIpc) is 3.89. The second-order valence-corrected chi connectivity index (χ2v) is 16.0. The molecular weight excluding hydrogens is 693 g/mol. The van der Waals surface area contributed by atoms with E-state index in [4.69, 9.17) is 4.42 Å². The van der Waals surface area contributed by atoms with Gasteiger partial charge in [0.2, 0.25) is 0 Å². The van der Waals surface area contributed by atoms with Crippen LogP contribution in [-0.4, -0.2) is 9.55 Å². The minimum absolute atomic E-state index is 0.0417. The number of aromatic nitrogens is 2. The largest absolute Gasteiger partial charge is 0.455 e. The number of furan rings is 1. The van der Waals surface area contributed by atoms with E-state index in [-0.39, 0.29) is 5.41 Å². The van der Waals surface area contributed by atoms with E-state index in [2.05, 4.69) is 187 Å². The Morgan fingerprint density at radius 2 is 1.19 bits per heavy atom.